The lowest BCUT2D eigenvalue weighted by molar-refractivity contribution is -0.0217. The van der Waals surface area contributed by atoms with E-state index in [4.69, 9.17) is 29.2 Å². The highest BCUT2D eigenvalue weighted by Crippen LogP contribution is 2.15. The van der Waals surface area contributed by atoms with Gasteiger partial charge in [-0.2, -0.15) is 0 Å². The van der Waals surface area contributed by atoms with E-state index in [9.17, 15) is 4.79 Å². The first-order chi connectivity index (χ1) is 12.7. The van der Waals surface area contributed by atoms with E-state index in [1.54, 1.807) is 32.2 Å². The molecule has 0 aliphatic heterocycles. The van der Waals surface area contributed by atoms with Gasteiger partial charge in [-0.1, -0.05) is 17.2 Å². The molecule has 26 heavy (non-hydrogen) atoms. The first kappa shape index (κ1) is 21.9. The average molecular weight is 367 g/mol. The molecular formula is C17H25N3O6. The summed E-state index contributed by atoms with van der Waals surface area (Å²) >= 11 is 0. The molecule has 144 valence electrons. The summed E-state index contributed by atoms with van der Waals surface area (Å²) in [5, 5.41) is 3.45. The second-order valence-electron chi connectivity index (χ2n) is 5.25. The Kier molecular flexibility index (Phi) is 11.8. The van der Waals surface area contributed by atoms with Crippen molar-refractivity contribution in [1.82, 2.24) is 0 Å². The first-order valence-corrected chi connectivity index (χ1v) is 8.25. The van der Waals surface area contributed by atoms with Crippen molar-refractivity contribution >= 4 is 11.7 Å². The second kappa shape index (κ2) is 14.1. The van der Waals surface area contributed by atoms with E-state index in [0.717, 1.165) is 0 Å². The van der Waals surface area contributed by atoms with Gasteiger partial charge in [0, 0.05) is 17.7 Å². The fraction of sp³-hybridized carbons (Fsp3) is 0.588. The highest BCUT2D eigenvalue weighted by molar-refractivity contribution is 5.90. The SMILES string of the molecule is COCCOCCOCCOC[C@H](C)OC(=O)c1cccc(N=[N+]=[N-])c1. The zero-order chi connectivity index (χ0) is 19.0. The van der Waals surface area contributed by atoms with Crippen molar-refractivity contribution in [1.29, 1.82) is 0 Å². The maximum Gasteiger partial charge on any atom is 0.338 e. The fourth-order valence-corrected chi connectivity index (χ4v) is 1.86. The number of carbonyl (C=O) groups excluding carboxylic acids is 1. The van der Waals surface area contributed by atoms with Crippen molar-refractivity contribution in [3.8, 4) is 0 Å². The van der Waals surface area contributed by atoms with Gasteiger partial charge in [-0.05, 0) is 24.6 Å². The van der Waals surface area contributed by atoms with Crippen LogP contribution in [0, 0.1) is 0 Å². The highest BCUT2D eigenvalue weighted by atomic mass is 16.6. The summed E-state index contributed by atoms with van der Waals surface area (Å²) in [6.07, 6.45) is -0.414. The molecular weight excluding hydrogens is 342 g/mol. The maximum atomic E-state index is 12.0. The molecule has 0 heterocycles. The van der Waals surface area contributed by atoms with Gasteiger partial charge in [-0.3, -0.25) is 0 Å². The Morgan fingerprint density at radius 1 is 1.12 bits per heavy atom. The number of hydrogen-bond donors (Lipinski definition) is 0. The molecule has 1 atom stereocenters. The van der Waals surface area contributed by atoms with Gasteiger partial charge in [-0.25, -0.2) is 4.79 Å². The number of hydrogen-bond acceptors (Lipinski definition) is 7. The number of ether oxygens (including phenoxy) is 5. The van der Waals surface area contributed by atoms with Crippen LogP contribution in [0.1, 0.15) is 17.3 Å². The van der Waals surface area contributed by atoms with Crippen LogP contribution in [0.4, 0.5) is 5.69 Å². The monoisotopic (exact) mass is 367 g/mol. The molecule has 1 aromatic rings. The minimum absolute atomic E-state index is 0.259. The van der Waals surface area contributed by atoms with Gasteiger partial charge >= 0.3 is 5.97 Å². The van der Waals surface area contributed by atoms with Gasteiger partial charge in [0.15, 0.2) is 0 Å². The maximum absolute atomic E-state index is 12.0. The van der Waals surface area contributed by atoms with Crippen LogP contribution >= 0.6 is 0 Å². The summed E-state index contributed by atoms with van der Waals surface area (Å²) < 4.78 is 26.1. The third-order valence-corrected chi connectivity index (χ3v) is 3.08. The minimum atomic E-state index is -0.499. The van der Waals surface area contributed by atoms with Crippen LogP contribution in [-0.4, -0.2) is 65.4 Å². The third-order valence-electron chi connectivity index (χ3n) is 3.08. The number of azide groups is 1. The summed E-state index contributed by atoms with van der Waals surface area (Å²) in [7, 11) is 1.62. The lowest BCUT2D eigenvalue weighted by Crippen LogP contribution is -2.21. The van der Waals surface area contributed by atoms with E-state index in [-0.39, 0.29) is 6.61 Å². The third kappa shape index (κ3) is 9.97. The van der Waals surface area contributed by atoms with Crippen LogP contribution in [0.15, 0.2) is 29.4 Å². The van der Waals surface area contributed by atoms with Crippen LogP contribution in [0.5, 0.6) is 0 Å². The van der Waals surface area contributed by atoms with E-state index in [0.29, 0.717) is 50.9 Å². The van der Waals surface area contributed by atoms with Gasteiger partial charge in [0.1, 0.15) is 6.10 Å². The van der Waals surface area contributed by atoms with Crippen LogP contribution in [0.3, 0.4) is 0 Å². The zero-order valence-corrected chi connectivity index (χ0v) is 15.1. The van der Waals surface area contributed by atoms with Crippen LogP contribution in [0.2, 0.25) is 0 Å². The Morgan fingerprint density at radius 3 is 2.42 bits per heavy atom. The highest BCUT2D eigenvalue weighted by Gasteiger charge is 2.12. The lowest BCUT2D eigenvalue weighted by Gasteiger charge is -2.14. The smallest absolute Gasteiger partial charge is 0.338 e. The molecule has 0 bridgehead atoms. The minimum Gasteiger partial charge on any atom is -0.457 e. The van der Waals surface area contributed by atoms with Gasteiger partial charge < -0.3 is 23.7 Å². The number of esters is 1. The summed E-state index contributed by atoms with van der Waals surface area (Å²) in [4.78, 5) is 14.7. The molecule has 1 rings (SSSR count). The summed E-state index contributed by atoms with van der Waals surface area (Å²) in [6.45, 7) is 4.93. The van der Waals surface area contributed by atoms with E-state index in [2.05, 4.69) is 10.0 Å². The van der Waals surface area contributed by atoms with Crippen molar-refractivity contribution in [3.05, 3.63) is 40.3 Å². The molecule has 9 nitrogen and oxygen atoms in total. The second-order valence-corrected chi connectivity index (χ2v) is 5.25. The van der Waals surface area contributed by atoms with E-state index >= 15 is 0 Å². The van der Waals surface area contributed by atoms with Crippen LogP contribution < -0.4 is 0 Å². The molecule has 0 unspecified atom stereocenters. The fourth-order valence-electron chi connectivity index (χ4n) is 1.86. The standard InChI is InChI=1S/C17H25N3O6/c1-14(13-25-11-10-24-9-8-23-7-6-22-2)26-17(21)15-4-3-5-16(12-15)19-20-18/h3-5,12,14H,6-11,13H2,1-2H3/t14-/m0/s1. The molecule has 0 saturated carbocycles. The topological polar surface area (TPSA) is 112 Å². The number of benzene rings is 1. The Bertz CT molecular complexity index is 577. The molecule has 0 fully saturated rings. The summed E-state index contributed by atoms with van der Waals surface area (Å²) in [5.74, 6) is -0.499. The number of nitrogens with zero attached hydrogens (tertiary/aromatic N) is 3. The van der Waals surface area contributed by atoms with Crippen molar-refractivity contribution in [3.63, 3.8) is 0 Å². The number of methoxy groups -OCH3 is 1. The summed E-state index contributed by atoms with van der Waals surface area (Å²) in [5.41, 5.74) is 9.09. The van der Waals surface area contributed by atoms with Gasteiger partial charge in [0.2, 0.25) is 0 Å². The predicted molar refractivity (Wildman–Crippen MR) is 94.5 cm³/mol. The van der Waals surface area contributed by atoms with Crippen molar-refractivity contribution in [2.45, 2.75) is 13.0 Å². The Labute approximate surface area is 152 Å². The normalized spacial score (nSPS) is 11.6. The van der Waals surface area contributed by atoms with E-state index in [1.165, 1.54) is 6.07 Å². The number of carbonyl (C=O) groups is 1. The van der Waals surface area contributed by atoms with E-state index < -0.39 is 12.1 Å². The molecule has 1 aromatic carbocycles. The quantitative estimate of drug-likeness (QED) is 0.164. The molecule has 0 aliphatic carbocycles. The number of rotatable bonds is 14. The molecule has 0 saturated heterocycles. The Balaban J connectivity index is 2.12. The molecule has 9 heteroatoms. The van der Waals surface area contributed by atoms with Crippen molar-refractivity contribution in [2.75, 3.05) is 53.4 Å². The molecule has 0 aliphatic rings. The largest absolute Gasteiger partial charge is 0.457 e. The predicted octanol–water partition coefficient (Wildman–Crippen LogP) is 2.87. The first-order valence-electron chi connectivity index (χ1n) is 8.25. The summed E-state index contributed by atoms with van der Waals surface area (Å²) in [6, 6.07) is 6.29. The lowest BCUT2D eigenvalue weighted by atomic mass is 10.2. The van der Waals surface area contributed by atoms with Gasteiger partial charge in [0.05, 0.1) is 51.8 Å². The molecule has 0 amide bonds. The zero-order valence-electron chi connectivity index (χ0n) is 15.1. The molecule has 0 radical (unpaired) electrons. The Hall–Kier alpha value is -2.16. The van der Waals surface area contributed by atoms with Crippen molar-refractivity contribution < 1.29 is 28.5 Å². The molecule has 0 aromatic heterocycles. The van der Waals surface area contributed by atoms with Crippen molar-refractivity contribution in [2.24, 2.45) is 5.11 Å². The average Bonchev–Trinajstić information content (AvgIpc) is 2.64. The van der Waals surface area contributed by atoms with Gasteiger partial charge in [-0.15, -0.1) is 0 Å². The van der Waals surface area contributed by atoms with E-state index in [1.807, 2.05) is 0 Å². The molecule has 0 spiro atoms. The molecule has 0 N–H and O–H groups in total. The van der Waals surface area contributed by atoms with Gasteiger partial charge in [0.25, 0.3) is 0 Å². The Morgan fingerprint density at radius 2 is 1.77 bits per heavy atom. The van der Waals surface area contributed by atoms with Crippen LogP contribution in [-0.2, 0) is 23.7 Å². The van der Waals surface area contributed by atoms with Crippen LogP contribution in [0.25, 0.3) is 10.4 Å².